The van der Waals surface area contributed by atoms with Gasteiger partial charge in [0, 0.05) is 6.54 Å². The van der Waals surface area contributed by atoms with Crippen LogP contribution in [0.25, 0.3) is 0 Å². The molecule has 0 aromatic heterocycles. The molecule has 25 heavy (non-hydrogen) atoms. The third kappa shape index (κ3) is 6.86. The Morgan fingerprint density at radius 1 is 1.12 bits per heavy atom. The quantitative estimate of drug-likeness (QED) is 0.729. The number of rotatable bonds is 8. The maximum atomic E-state index is 11.4. The Kier molecular flexibility index (Phi) is 9.21. The smallest absolute Gasteiger partial charge is 0.337 e. The van der Waals surface area contributed by atoms with Gasteiger partial charge in [-0.25, -0.2) is 4.79 Å². The average molecular weight is 364 g/mol. The predicted octanol–water partition coefficient (Wildman–Crippen LogP) is 3.49. The number of benzene rings is 2. The Hall–Kier alpha value is -1.88. The first-order chi connectivity index (χ1) is 11.6. The standard InChI is InChI=1S/C20H25NO3.ClH/c1-21(15-19(22)17-8-4-3-5-9-17)14-6-7-16-10-12-18(13-11-16)20(23)24-2;/h3-5,8-13,19,22H,6-7,14-15H2,1-2H3;1H/t19-;/m0./s1. The molecule has 0 aliphatic heterocycles. The highest BCUT2D eigenvalue weighted by Gasteiger charge is 2.10. The summed E-state index contributed by atoms with van der Waals surface area (Å²) < 4.78 is 4.69. The van der Waals surface area contributed by atoms with Crippen LogP contribution in [0.5, 0.6) is 0 Å². The molecule has 2 rings (SSSR count). The minimum Gasteiger partial charge on any atom is -0.465 e. The van der Waals surface area contributed by atoms with Crippen molar-refractivity contribution < 1.29 is 14.6 Å². The van der Waals surface area contributed by atoms with Gasteiger partial charge in [-0.2, -0.15) is 0 Å². The van der Waals surface area contributed by atoms with Crippen LogP contribution in [0.4, 0.5) is 0 Å². The van der Waals surface area contributed by atoms with E-state index in [9.17, 15) is 9.90 Å². The molecule has 4 nitrogen and oxygen atoms in total. The van der Waals surface area contributed by atoms with Gasteiger partial charge in [-0.05, 0) is 49.7 Å². The third-order valence-electron chi connectivity index (χ3n) is 4.05. The van der Waals surface area contributed by atoms with E-state index < -0.39 is 6.10 Å². The van der Waals surface area contributed by atoms with Crippen molar-refractivity contribution in [2.45, 2.75) is 18.9 Å². The molecule has 0 heterocycles. The number of aliphatic hydroxyl groups is 1. The van der Waals surface area contributed by atoms with E-state index in [1.807, 2.05) is 49.5 Å². The number of nitrogens with zero attached hydrogens (tertiary/aromatic N) is 1. The molecule has 136 valence electrons. The van der Waals surface area contributed by atoms with Crippen molar-refractivity contribution in [1.29, 1.82) is 0 Å². The first kappa shape index (κ1) is 21.2. The Morgan fingerprint density at radius 2 is 1.76 bits per heavy atom. The number of aryl methyl sites for hydroxylation is 1. The Bertz CT molecular complexity index is 631. The van der Waals surface area contributed by atoms with E-state index in [4.69, 9.17) is 4.74 Å². The van der Waals surface area contributed by atoms with Gasteiger partial charge >= 0.3 is 5.97 Å². The van der Waals surface area contributed by atoms with Gasteiger partial charge in [0.2, 0.25) is 0 Å². The molecule has 0 amide bonds. The number of aliphatic hydroxyl groups excluding tert-OH is 1. The van der Waals surface area contributed by atoms with Crippen LogP contribution in [0.3, 0.4) is 0 Å². The number of methoxy groups -OCH3 is 1. The van der Waals surface area contributed by atoms with Crippen LogP contribution in [-0.4, -0.2) is 43.2 Å². The van der Waals surface area contributed by atoms with Gasteiger partial charge in [0.25, 0.3) is 0 Å². The van der Waals surface area contributed by atoms with Crippen molar-refractivity contribution in [3.8, 4) is 0 Å². The number of hydrogen-bond acceptors (Lipinski definition) is 4. The van der Waals surface area contributed by atoms with Crippen molar-refractivity contribution in [1.82, 2.24) is 4.90 Å². The Labute approximate surface area is 155 Å². The van der Waals surface area contributed by atoms with Crippen LogP contribution < -0.4 is 0 Å². The largest absolute Gasteiger partial charge is 0.465 e. The van der Waals surface area contributed by atoms with Crippen LogP contribution in [0.1, 0.15) is 34.0 Å². The molecular weight excluding hydrogens is 338 g/mol. The summed E-state index contributed by atoms with van der Waals surface area (Å²) in [6, 6.07) is 17.2. The van der Waals surface area contributed by atoms with Crippen LogP contribution in [0.2, 0.25) is 0 Å². The molecule has 0 saturated carbocycles. The van der Waals surface area contributed by atoms with Crippen LogP contribution >= 0.6 is 12.4 Å². The molecule has 1 atom stereocenters. The summed E-state index contributed by atoms with van der Waals surface area (Å²) in [7, 11) is 3.41. The van der Waals surface area contributed by atoms with Gasteiger partial charge in [0.15, 0.2) is 0 Å². The number of likely N-dealkylation sites (N-methyl/N-ethyl adjacent to an activating group) is 1. The number of esters is 1. The minimum atomic E-state index is -0.462. The van der Waals surface area contributed by atoms with Gasteiger partial charge in [-0.3, -0.25) is 0 Å². The lowest BCUT2D eigenvalue weighted by molar-refractivity contribution is 0.0600. The first-order valence-electron chi connectivity index (χ1n) is 8.19. The zero-order chi connectivity index (χ0) is 17.4. The van der Waals surface area contributed by atoms with Crippen molar-refractivity contribution in [3.63, 3.8) is 0 Å². The van der Waals surface area contributed by atoms with Crippen molar-refractivity contribution in [2.75, 3.05) is 27.2 Å². The topological polar surface area (TPSA) is 49.8 Å². The fourth-order valence-electron chi connectivity index (χ4n) is 2.65. The van der Waals surface area contributed by atoms with Gasteiger partial charge in [-0.15, -0.1) is 12.4 Å². The lowest BCUT2D eigenvalue weighted by Gasteiger charge is -2.20. The molecule has 0 fully saturated rings. The SMILES string of the molecule is COC(=O)c1ccc(CCCN(C)C[C@H](O)c2ccccc2)cc1.Cl. The molecule has 0 aliphatic rings. The molecule has 0 aliphatic carbocycles. The lowest BCUT2D eigenvalue weighted by Crippen LogP contribution is -2.26. The summed E-state index contributed by atoms with van der Waals surface area (Å²) in [5, 5.41) is 10.2. The van der Waals surface area contributed by atoms with Crippen molar-refractivity contribution >= 4 is 18.4 Å². The van der Waals surface area contributed by atoms with Gasteiger partial charge in [0.1, 0.15) is 0 Å². The molecule has 2 aromatic rings. The molecule has 2 aromatic carbocycles. The zero-order valence-electron chi connectivity index (χ0n) is 14.7. The number of hydrogen-bond donors (Lipinski definition) is 1. The molecule has 1 N–H and O–H groups in total. The molecule has 0 bridgehead atoms. The van der Waals surface area contributed by atoms with Crippen LogP contribution in [-0.2, 0) is 11.2 Å². The number of carbonyl (C=O) groups excluding carboxylic acids is 1. The summed E-state index contributed by atoms with van der Waals surface area (Å²) in [4.78, 5) is 13.5. The minimum absolute atomic E-state index is 0. The highest BCUT2D eigenvalue weighted by Crippen LogP contribution is 2.13. The third-order valence-corrected chi connectivity index (χ3v) is 4.05. The maximum Gasteiger partial charge on any atom is 0.337 e. The van der Waals surface area contributed by atoms with Gasteiger partial charge < -0.3 is 14.7 Å². The van der Waals surface area contributed by atoms with E-state index in [0.29, 0.717) is 12.1 Å². The molecule has 0 unspecified atom stereocenters. The second-order valence-electron chi connectivity index (χ2n) is 5.98. The highest BCUT2D eigenvalue weighted by molar-refractivity contribution is 5.89. The second-order valence-corrected chi connectivity index (χ2v) is 5.98. The van der Waals surface area contributed by atoms with Crippen molar-refractivity contribution in [3.05, 3.63) is 71.3 Å². The average Bonchev–Trinajstić information content (AvgIpc) is 2.62. The van der Waals surface area contributed by atoms with Gasteiger partial charge in [-0.1, -0.05) is 42.5 Å². The number of ether oxygens (including phenoxy) is 1. The summed E-state index contributed by atoms with van der Waals surface area (Å²) >= 11 is 0. The van der Waals surface area contributed by atoms with Crippen LogP contribution in [0.15, 0.2) is 54.6 Å². The van der Waals surface area contributed by atoms with E-state index in [2.05, 4.69) is 4.90 Å². The van der Waals surface area contributed by atoms with Crippen molar-refractivity contribution in [2.24, 2.45) is 0 Å². The van der Waals surface area contributed by atoms with E-state index in [1.165, 1.54) is 12.7 Å². The van der Waals surface area contributed by atoms with E-state index in [1.54, 1.807) is 12.1 Å². The molecule has 0 radical (unpaired) electrons. The van der Waals surface area contributed by atoms with E-state index in [0.717, 1.165) is 24.9 Å². The molecule has 0 spiro atoms. The van der Waals surface area contributed by atoms with Gasteiger partial charge in [0.05, 0.1) is 18.8 Å². The number of carbonyl (C=O) groups is 1. The molecular formula is C20H26ClNO3. The normalized spacial score (nSPS) is 11.7. The maximum absolute atomic E-state index is 11.4. The fraction of sp³-hybridized carbons (Fsp3) is 0.350. The molecule has 0 saturated heterocycles. The van der Waals surface area contributed by atoms with E-state index >= 15 is 0 Å². The highest BCUT2D eigenvalue weighted by atomic mass is 35.5. The summed E-state index contributed by atoms with van der Waals surface area (Å²) in [6.45, 7) is 1.52. The Morgan fingerprint density at radius 3 is 2.36 bits per heavy atom. The van der Waals surface area contributed by atoms with E-state index in [-0.39, 0.29) is 18.4 Å². The molecule has 5 heteroatoms. The Balaban J connectivity index is 0.00000312. The monoisotopic (exact) mass is 363 g/mol. The zero-order valence-corrected chi connectivity index (χ0v) is 15.5. The fourth-order valence-corrected chi connectivity index (χ4v) is 2.65. The summed E-state index contributed by atoms with van der Waals surface area (Å²) in [5.74, 6) is -0.309. The second kappa shape index (κ2) is 10.9. The summed E-state index contributed by atoms with van der Waals surface area (Å²) in [6.07, 6.45) is 1.47. The first-order valence-corrected chi connectivity index (χ1v) is 8.19. The lowest BCUT2D eigenvalue weighted by atomic mass is 10.1. The predicted molar refractivity (Wildman–Crippen MR) is 102 cm³/mol. The summed E-state index contributed by atoms with van der Waals surface area (Å²) in [5.41, 5.74) is 2.71. The number of halogens is 1. The van der Waals surface area contributed by atoms with Crippen LogP contribution in [0, 0.1) is 0 Å².